The highest BCUT2D eigenvalue weighted by Crippen LogP contribution is 2.37. The summed E-state index contributed by atoms with van der Waals surface area (Å²) in [5.41, 5.74) is 4.74. The first-order valence-corrected chi connectivity index (χ1v) is 11.9. The third-order valence-electron chi connectivity index (χ3n) is 6.58. The third-order valence-corrected chi connectivity index (χ3v) is 6.58. The number of benzene rings is 3. The predicted octanol–water partition coefficient (Wildman–Crippen LogP) is 3.96. The highest BCUT2D eigenvalue weighted by atomic mass is 16.3. The molecule has 0 saturated heterocycles. The second kappa shape index (κ2) is 8.98. The van der Waals surface area contributed by atoms with E-state index in [1.807, 2.05) is 58.1 Å². The van der Waals surface area contributed by atoms with Gasteiger partial charge in [0.2, 0.25) is 5.96 Å². The summed E-state index contributed by atoms with van der Waals surface area (Å²) in [4.78, 5) is 21.5. The molecule has 3 aromatic carbocycles. The van der Waals surface area contributed by atoms with Crippen molar-refractivity contribution in [1.82, 2.24) is 14.7 Å². The fourth-order valence-corrected chi connectivity index (χ4v) is 4.71. The van der Waals surface area contributed by atoms with Crippen LogP contribution in [0.1, 0.15) is 15.9 Å². The van der Waals surface area contributed by atoms with Crippen molar-refractivity contribution in [3.8, 4) is 11.1 Å². The van der Waals surface area contributed by atoms with Crippen LogP contribution < -0.4 is 10.2 Å². The van der Waals surface area contributed by atoms with Gasteiger partial charge in [-0.15, -0.1) is 0 Å². The van der Waals surface area contributed by atoms with Gasteiger partial charge in [-0.25, -0.2) is 9.67 Å². The minimum atomic E-state index is -0.289. The van der Waals surface area contributed by atoms with Crippen LogP contribution in [0.25, 0.3) is 11.1 Å². The van der Waals surface area contributed by atoms with E-state index in [9.17, 15) is 9.90 Å². The fourth-order valence-electron chi connectivity index (χ4n) is 4.71. The van der Waals surface area contributed by atoms with Crippen molar-refractivity contribution >= 4 is 29.2 Å². The fraction of sp³-hybridized carbons (Fsp3) is 0.179. The summed E-state index contributed by atoms with van der Waals surface area (Å²) >= 11 is 0. The van der Waals surface area contributed by atoms with E-state index in [-0.39, 0.29) is 18.6 Å². The molecule has 2 aliphatic heterocycles. The van der Waals surface area contributed by atoms with E-state index in [0.29, 0.717) is 36.2 Å². The predicted molar refractivity (Wildman–Crippen MR) is 141 cm³/mol. The minimum absolute atomic E-state index is 0.0824. The topological polar surface area (TPSA) is 86.0 Å². The van der Waals surface area contributed by atoms with Gasteiger partial charge in [0.25, 0.3) is 5.91 Å². The van der Waals surface area contributed by atoms with E-state index in [0.717, 1.165) is 22.4 Å². The van der Waals surface area contributed by atoms with Gasteiger partial charge < -0.3 is 10.4 Å². The summed E-state index contributed by atoms with van der Waals surface area (Å²) in [6.07, 6.45) is 0. The lowest BCUT2D eigenvalue weighted by Gasteiger charge is -2.30. The number of hydrogen-bond acceptors (Lipinski definition) is 6. The molecular formula is C28H26N6O2. The summed E-state index contributed by atoms with van der Waals surface area (Å²) in [7, 11) is 1.71. The molecule has 0 fully saturated rings. The molecule has 3 heterocycles. The van der Waals surface area contributed by atoms with E-state index in [1.54, 1.807) is 7.05 Å². The van der Waals surface area contributed by atoms with Crippen LogP contribution in [0.2, 0.25) is 0 Å². The van der Waals surface area contributed by atoms with Crippen LogP contribution in [0.4, 0.5) is 17.3 Å². The number of fused-ring (bicyclic) bond motifs is 3. The van der Waals surface area contributed by atoms with E-state index < -0.39 is 0 Å². The number of aliphatic hydroxyl groups excluding tert-OH is 1. The molecule has 0 bridgehead atoms. The maximum Gasteiger partial charge on any atom is 0.267 e. The van der Waals surface area contributed by atoms with Gasteiger partial charge in [-0.3, -0.25) is 14.6 Å². The van der Waals surface area contributed by atoms with Gasteiger partial charge in [0.05, 0.1) is 25.7 Å². The van der Waals surface area contributed by atoms with Crippen LogP contribution in [0, 0.1) is 0 Å². The SMILES string of the molecule is CN1C(=O)c2c(nn(Cc3ccc(-c4ccccc4)cc3)c2Nc2ccccc2)N2CC(CO)N=C12. The van der Waals surface area contributed by atoms with Gasteiger partial charge in [0.1, 0.15) is 11.4 Å². The number of rotatable bonds is 6. The Bertz CT molecular complexity index is 1430. The third kappa shape index (κ3) is 3.81. The zero-order valence-electron chi connectivity index (χ0n) is 19.9. The number of carbonyl (C=O) groups is 1. The molecule has 36 heavy (non-hydrogen) atoms. The van der Waals surface area contributed by atoms with Crippen molar-refractivity contribution in [3.05, 3.63) is 96.1 Å². The molecule has 0 saturated carbocycles. The number of carbonyl (C=O) groups excluding carboxylic acids is 1. The van der Waals surface area contributed by atoms with Gasteiger partial charge in [-0.1, -0.05) is 72.8 Å². The number of amides is 1. The van der Waals surface area contributed by atoms with E-state index in [2.05, 4.69) is 46.7 Å². The molecule has 6 rings (SSSR count). The summed E-state index contributed by atoms with van der Waals surface area (Å²) in [5.74, 6) is 1.54. The largest absolute Gasteiger partial charge is 0.394 e. The van der Waals surface area contributed by atoms with Crippen molar-refractivity contribution in [3.63, 3.8) is 0 Å². The molecule has 8 heteroatoms. The minimum Gasteiger partial charge on any atom is -0.394 e. The number of aliphatic hydroxyl groups is 1. The molecule has 1 atom stereocenters. The Morgan fingerprint density at radius 3 is 2.31 bits per heavy atom. The van der Waals surface area contributed by atoms with Gasteiger partial charge in [-0.2, -0.15) is 5.10 Å². The molecule has 0 aliphatic carbocycles. The van der Waals surface area contributed by atoms with Crippen molar-refractivity contribution in [1.29, 1.82) is 0 Å². The average Bonchev–Trinajstić information content (AvgIpc) is 3.51. The maximum absolute atomic E-state index is 13.5. The first-order valence-electron chi connectivity index (χ1n) is 11.9. The molecular weight excluding hydrogens is 452 g/mol. The Hall–Kier alpha value is -4.43. The van der Waals surface area contributed by atoms with Crippen LogP contribution in [-0.2, 0) is 6.54 Å². The summed E-state index contributed by atoms with van der Waals surface area (Å²) < 4.78 is 1.84. The summed E-state index contributed by atoms with van der Waals surface area (Å²) in [5, 5.41) is 18.0. The Balaban J connectivity index is 1.40. The number of aliphatic imine (C=N–C) groups is 1. The van der Waals surface area contributed by atoms with Crippen LogP contribution in [-0.4, -0.2) is 57.9 Å². The maximum atomic E-state index is 13.5. The smallest absolute Gasteiger partial charge is 0.267 e. The van der Waals surface area contributed by atoms with Crippen molar-refractivity contribution < 1.29 is 9.90 Å². The monoisotopic (exact) mass is 478 g/mol. The van der Waals surface area contributed by atoms with Gasteiger partial charge in [0.15, 0.2) is 5.82 Å². The van der Waals surface area contributed by atoms with Crippen molar-refractivity contribution in [2.24, 2.45) is 4.99 Å². The Kier molecular flexibility index (Phi) is 5.50. The molecule has 2 aliphatic rings. The van der Waals surface area contributed by atoms with Crippen LogP contribution in [0.15, 0.2) is 89.9 Å². The van der Waals surface area contributed by atoms with E-state index in [4.69, 9.17) is 5.10 Å². The molecule has 1 aromatic heterocycles. The van der Waals surface area contributed by atoms with Crippen LogP contribution in [0.5, 0.6) is 0 Å². The number of nitrogens with zero attached hydrogens (tertiary/aromatic N) is 5. The Morgan fingerprint density at radius 2 is 1.61 bits per heavy atom. The van der Waals surface area contributed by atoms with E-state index >= 15 is 0 Å². The quantitative estimate of drug-likeness (QED) is 0.438. The van der Waals surface area contributed by atoms with Crippen LogP contribution in [0.3, 0.4) is 0 Å². The number of hydrogen-bond donors (Lipinski definition) is 2. The molecule has 8 nitrogen and oxygen atoms in total. The molecule has 0 spiro atoms. The summed E-state index contributed by atoms with van der Waals surface area (Å²) in [6.45, 7) is 0.878. The second-order valence-electron chi connectivity index (χ2n) is 9.00. The average molecular weight is 479 g/mol. The molecule has 2 N–H and O–H groups in total. The number of anilines is 3. The molecule has 0 radical (unpaired) electrons. The van der Waals surface area contributed by atoms with Crippen molar-refractivity contribution in [2.75, 3.05) is 30.4 Å². The first-order chi connectivity index (χ1) is 17.6. The lowest BCUT2D eigenvalue weighted by Crippen LogP contribution is -2.48. The normalized spacial score (nSPS) is 16.6. The highest BCUT2D eigenvalue weighted by molar-refractivity contribution is 6.20. The molecule has 180 valence electrons. The number of para-hydroxylation sites is 1. The highest BCUT2D eigenvalue weighted by Gasteiger charge is 2.42. The number of aromatic nitrogens is 2. The zero-order chi connectivity index (χ0) is 24.6. The Morgan fingerprint density at radius 1 is 0.944 bits per heavy atom. The summed E-state index contributed by atoms with van der Waals surface area (Å²) in [6, 6.07) is 28.1. The lowest BCUT2D eigenvalue weighted by atomic mass is 10.0. The van der Waals surface area contributed by atoms with Gasteiger partial charge >= 0.3 is 0 Å². The molecule has 1 unspecified atom stereocenters. The first kappa shape index (κ1) is 22.1. The van der Waals surface area contributed by atoms with Gasteiger partial charge in [0, 0.05) is 12.7 Å². The van der Waals surface area contributed by atoms with Crippen molar-refractivity contribution in [2.45, 2.75) is 12.6 Å². The van der Waals surface area contributed by atoms with E-state index in [1.165, 1.54) is 4.90 Å². The molecule has 1 amide bonds. The van der Waals surface area contributed by atoms with Gasteiger partial charge in [-0.05, 0) is 28.8 Å². The number of guanidine groups is 1. The Labute approximate surface area is 209 Å². The second-order valence-corrected chi connectivity index (χ2v) is 9.00. The standard InChI is InChI=1S/C28H26N6O2/c1-32-27(36)24-25(29-22-10-6-3-7-11-22)34(31-26(24)33-17-23(18-35)30-28(32)33)16-19-12-14-21(15-13-19)20-8-4-2-5-9-20/h2-15,23,29,35H,16-18H2,1H3. The number of nitrogens with one attached hydrogen (secondary N) is 1. The van der Waals surface area contributed by atoms with Crippen LogP contribution >= 0.6 is 0 Å². The molecule has 4 aromatic rings. The lowest BCUT2D eigenvalue weighted by molar-refractivity contribution is 0.0866. The zero-order valence-corrected chi connectivity index (χ0v) is 19.9.